The Labute approximate surface area is 129 Å². The fourth-order valence-electron chi connectivity index (χ4n) is 4.95. The van der Waals surface area contributed by atoms with Crippen molar-refractivity contribution >= 4 is 12.0 Å². The van der Waals surface area contributed by atoms with Crippen LogP contribution in [0.4, 0.5) is 4.79 Å². The number of piperazine rings is 1. The number of ether oxygens (including phenoxy) is 1. The van der Waals surface area contributed by atoms with Gasteiger partial charge < -0.3 is 25.0 Å². The standard InChI is InChI=1S/C15H23N3O4/c1-2-22-12(20)11-10-5-18(13(21)17(10)4-3-16-11)15-6-14(7-15,8-15)9-19/h10-11,16,19H,2-9H2,1H3/t10-,11+,14?,15?/m1/s1. The molecule has 5 fully saturated rings. The third-order valence-corrected chi connectivity index (χ3v) is 5.91. The highest BCUT2D eigenvalue weighted by Crippen LogP contribution is 2.70. The fourth-order valence-corrected chi connectivity index (χ4v) is 4.95. The third kappa shape index (κ3) is 1.69. The summed E-state index contributed by atoms with van der Waals surface area (Å²) >= 11 is 0. The molecule has 2 N–H and O–H groups in total. The molecule has 0 spiro atoms. The summed E-state index contributed by atoms with van der Waals surface area (Å²) in [5.41, 5.74) is 0.0124. The van der Waals surface area contributed by atoms with Crippen molar-refractivity contribution in [1.29, 1.82) is 0 Å². The summed E-state index contributed by atoms with van der Waals surface area (Å²) in [5.74, 6) is -0.267. The average molecular weight is 309 g/mol. The third-order valence-electron chi connectivity index (χ3n) is 5.91. The van der Waals surface area contributed by atoms with Crippen molar-refractivity contribution in [3.63, 3.8) is 0 Å². The topological polar surface area (TPSA) is 82.1 Å². The SMILES string of the molecule is CCOC(=O)[C@H]1NCCN2C(=O)N(C34CC(CO)(C3)C4)C[C@H]12. The molecule has 122 valence electrons. The quantitative estimate of drug-likeness (QED) is 0.687. The Morgan fingerprint density at radius 3 is 2.82 bits per heavy atom. The molecule has 3 saturated carbocycles. The van der Waals surface area contributed by atoms with Gasteiger partial charge >= 0.3 is 12.0 Å². The monoisotopic (exact) mass is 309 g/mol. The van der Waals surface area contributed by atoms with Crippen molar-refractivity contribution in [1.82, 2.24) is 15.1 Å². The summed E-state index contributed by atoms with van der Waals surface area (Å²) in [4.78, 5) is 28.6. The van der Waals surface area contributed by atoms with Gasteiger partial charge in [-0.1, -0.05) is 0 Å². The van der Waals surface area contributed by atoms with Crippen LogP contribution in [0.2, 0.25) is 0 Å². The molecule has 7 heteroatoms. The number of aliphatic hydroxyl groups excluding tert-OH is 1. The molecule has 7 nitrogen and oxygen atoms in total. The van der Waals surface area contributed by atoms with Gasteiger partial charge in [-0.25, -0.2) is 4.79 Å². The number of esters is 1. The molecule has 0 aromatic rings. The molecular formula is C15H23N3O4. The molecule has 2 bridgehead atoms. The maximum Gasteiger partial charge on any atom is 0.325 e. The number of hydrogen-bond acceptors (Lipinski definition) is 5. The summed E-state index contributed by atoms with van der Waals surface area (Å²) in [6.07, 6.45) is 2.71. The van der Waals surface area contributed by atoms with E-state index in [9.17, 15) is 14.7 Å². The Balaban J connectivity index is 1.50. The number of nitrogens with one attached hydrogen (secondary N) is 1. The maximum atomic E-state index is 12.7. The lowest BCUT2D eigenvalue weighted by molar-refractivity contribution is -0.218. The van der Waals surface area contributed by atoms with E-state index in [4.69, 9.17) is 4.74 Å². The second kappa shape index (κ2) is 4.58. The van der Waals surface area contributed by atoms with Crippen LogP contribution in [0.1, 0.15) is 26.2 Å². The lowest BCUT2D eigenvalue weighted by Gasteiger charge is -2.72. The van der Waals surface area contributed by atoms with Gasteiger partial charge in [0.1, 0.15) is 6.04 Å². The highest BCUT2D eigenvalue weighted by molar-refractivity contribution is 5.83. The molecule has 0 radical (unpaired) electrons. The van der Waals surface area contributed by atoms with Crippen molar-refractivity contribution in [2.75, 3.05) is 32.8 Å². The Morgan fingerprint density at radius 2 is 2.18 bits per heavy atom. The number of hydrogen-bond donors (Lipinski definition) is 2. The minimum Gasteiger partial charge on any atom is -0.465 e. The molecule has 0 aromatic carbocycles. The number of urea groups is 1. The van der Waals surface area contributed by atoms with E-state index < -0.39 is 6.04 Å². The van der Waals surface area contributed by atoms with E-state index >= 15 is 0 Å². The van der Waals surface area contributed by atoms with Gasteiger partial charge in [0.25, 0.3) is 0 Å². The van der Waals surface area contributed by atoms with Gasteiger partial charge in [-0.2, -0.15) is 0 Å². The first-order valence-electron chi connectivity index (χ1n) is 8.13. The molecule has 5 rings (SSSR count). The first-order chi connectivity index (χ1) is 10.5. The van der Waals surface area contributed by atoms with Crippen molar-refractivity contribution in [3.05, 3.63) is 0 Å². The Morgan fingerprint density at radius 1 is 1.45 bits per heavy atom. The lowest BCUT2D eigenvalue weighted by atomic mass is 9.39. The van der Waals surface area contributed by atoms with Crippen LogP contribution in [0.5, 0.6) is 0 Å². The van der Waals surface area contributed by atoms with E-state index in [1.54, 1.807) is 6.92 Å². The van der Waals surface area contributed by atoms with Crippen molar-refractivity contribution < 1.29 is 19.4 Å². The van der Waals surface area contributed by atoms with E-state index in [1.807, 2.05) is 9.80 Å². The van der Waals surface area contributed by atoms with E-state index in [2.05, 4.69) is 5.32 Å². The van der Waals surface area contributed by atoms with Crippen molar-refractivity contribution in [3.8, 4) is 0 Å². The lowest BCUT2D eigenvalue weighted by Crippen LogP contribution is -2.76. The number of fused-ring (bicyclic) bond motifs is 1. The second-order valence-corrected chi connectivity index (χ2v) is 7.25. The summed E-state index contributed by atoms with van der Waals surface area (Å²) < 4.78 is 5.14. The molecular weight excluding hydrogens is 286 g/mol. The molecule has 2 saturated heterocycles. The number of aliphatic hydroxyl groups is 1. The molecule has 0 unspecified atom stereocenters. The number of nitrogens with zero attached hydrogens (tertiary/aromatic N) is 2. The minimum absolute atomic E-state index is 0.0482. The summed E-state index contributed by atoms with van der Waals surface area (Å²) in [6, 6.07) is -0.520. The number of carbonyl (C=O) groups excluding carboxylic acids is 2. The van der Waals surface area contributed by atoms with Crippen LogP contribution < -0.4 is 5.32 Å². The number of rotatable bonds is 4. The zero-order valence-corrected chi connectivity index (χ0v) is 12.9. The molecule has 2 heterocycles. The van der Waals surface area contributed by atoms with E-state index in [0.29, 0.717) is 26.2 Å². The predicted octanol–water partition coefficient (Wildman–Crippen LogP) is -0.457. The molecule has 2 amide bonds. The maximum absolute atomic E-state index is 12.7. The van der Waals surface area contributed by atoms with Crippen LogP contribution in [0, 0.1) is 5.41 Å². The zero-order chi connectivity index (χ0) is 15.5. The summed E-state index contributed by atoms with van der Waals surface area (Å²) in [5, 5.41) is 12.6. The number of amides is 2. The van der Waals surface area contributed by atoms with Crippen LogP contribution in [0.3, 0.4) is 0 Å². The normalized spacial score (nSPS) is 42.5. The summed E-state index contributed by atoms with van der Waals surface area (Å²) in [7, 11) is 0. The van der Waals surface area contributed by atoms with Gasteiger partial charge in [-0.15, -0.1) is 0 Å². The Bertz CT molecular complexity index is 503. The van der Waals surface area contributed by atoms with Crippen LogP contribution in [0.25, 0.3) is 0 Å². The second-order valence-electron chi connectivity index (χ2n) is 7.25. The van der Waals surface area contributed by atoms with E-state index in [-0.39, 0.29) is 35.6 Å². The van der Waals surface area contributed by atoms with Gasteiger partial charge in [0.15, 0.2) is 0 Å². The van der Waals surface area contributed by atoms with Crippen LogP contribution in [-0.2, 0) is 9.53 Å². The first-order valence-corrected chi connectivity index (χ1v) is 8.13. The first kappa shape index (κ1) is 14.3. The Hall–Kier alpha value is -1.34. The van der Waals surface area contributed by atoms with Crippen LogP contribution in [-0.4, -0.2) is 77.4 Å². The van der Waals surface area contributed by atoms with Gasteiger partial charge in [0.2, 0.25) is 0 Å². The molecule has 22 heavy (non-hydrogen) atoms. The molecule has 2 aliphatic heterocycles. The van der Waals surface area contributed by atoms with Crippen molar-refractivity contribution in [2.24, 2.45) is 5.41 Å². The van der Waals surface area contributed by atoms with Crippen LogP contribution >= 0.6 is 0 Å². The molecule has 5 aliphatic rings. The molecule has 0 aromatic heterocycles. The smallest absolute Gasteiger partial charge is 0.325 e. The minimum atomic E-state index is -0.429. The zero-order valence-electron chi connectivity index (χ0n) is 12.9. The number of carbonyl (C=O) groups is 2. The average Bonchev–Trinajstić information content (AvgIpc) is 2.75. The van der Waals surface area contributed by atoms with Gasteiger partial charge in [-0.05, 0) is 26.2 Å². The van der Waals surface area contributed by atoms with E-state index in [0.717, 1.165) is 19.3 Å². The summed E-state index contributed by atoms with van der Waals surface area (Å²) in [6.45, 7) is 4.20. The predicted molar refractivity (Wildman–Crippen MR) is 77.1 cm³/mol. The largest absolute Gasteiger partial charge is 0.465 e. The van der Waals surface area contributed by atoms with Gasteiger partial charge in [0.05, 0.1) is 12.6 Å². The Kier molecular flexibility index (Phi) is 2.97. The van der Waals surface area contributed by atoms with Crippen LogP contribution in [0.15, 0.2) is 0 Å². The highest BCUT2D eigenvalue weighted by atomic mass is 16.5. The van der Waals surface area contributed by atoms with E-state index in [1.165, 1.54) is 0 Å². The molecule has 3 aliphatic carbocycles. The van der Waals surface area contributed by atoms with Crippen molar-refractivity contribution in [2.45, 2.75) is 43.8 Å². The van der Waals surface area contributed by atoms with Gasteiger partial charge in [-0.3, -0.25) is 4.79 Å². The van der Waals surface area contributed by atoms with Gasteiger partial charge in [0, 0.05) is 37.2 Å². The highest BCUT2D eigenvalue weighted by Gasteiger charge is 2.72. The fraction of sp³-hybridized carbons (Fsp3) is 0.867. The molecule has 2 atom stereocenters.